The molecule has 0 spiro atoms. The average molecular weight is 729 g/mol. The molecule has 0 amide bonds. The fraction of sp³-hybridized carbons (Fsp3) is 0.0545. The van der Waals surface area contributed by atoms with Crippen molar-refractivity contribution in [1.29, 1.82) is 0 Å². The van der Waals surface area contributed by atoms with Crippen LogP contribution in [0.2, 0.25) is 0 Å². The molecule has 270 valence electrons. The summed E-state index contributed by atoms with van der Waals surface area (Å²) in [6, 6.07) is 73.7. The third-order valence-corrected chi connectivity index (χ3v) is 11.5. The molecule has 0 atom stereocenters. The van der Waals surface area contributed by atoms with Crippen LogP contribution in [0.15, 0.2) is 206 Å². The molecule has 0 fully saturated rings. The number of fused-ring (bicyclic) bond motifs is 3. The Kier molecular flexibility index (Phi) is 8.53. The van der Waals surface area contributed by atoms with Gasteiger partial charge in [0.15, 0.2) is 5.82 Å². The summed E-state index contributed by atoms with van der Waals surface area (Å²) in [5.41, 5.74) is 19.7. The molecule has 8 aromatic carbocycles. The van der Waals surface area contributed by atoms with Gasteiger partial charge in [-0.05, 0) is 85.0 Å². The summed E-state index contributed by atoms with van der Waals surface area (Å²) < 4.78 is 0. The van der Waals surface area contributed by atoms with Crippen LogP contribution in [0.25, 0.3) is 89.5 Å². The Balaban J connectivity index is 1.03. The van der Waals surface area contributed by atoms with E-state index in [1.807, 2.05) is 12.1 Å². The van der Waals surface area contributed by atoms with Crippen LogP contribution < -0.4 is 0 Å². The van der Waals surface area contributed by atoms with Crippen molar-refractivity contribution in [1.82, 2.24) is 9.97 Å². The maximum Gasteiger partial charge on any atom is 0.160 e. The van der Waals surface area contributed by atoms with Gasteiger partial charge in [-0.15, -0.1) is 0 Å². The first-order chi connectivity index (χ1) is 28.0. The Morgan fingerprint density at radius 2 is 0.719 bits per heavy atom. The van der Waals surface area contributed by atoms with Gasteiger partial charge >= 0.3 is 0 Å². The Bertz CT molecular complexity index is 2890. The van der Waals surface area contributed by atoms with E-state index >= 15 is 0 Å². The molecule has 2 nitrogen and oxygen atoms in total. The predicted octanol–water partition coefficient (Wildman–Crippen LogP) is 14.5. The number of benzene rings is 8. The van der Waals surface area contributed by atoms with Crippen molar-refractivity contribution in [2.75, 3.05) is 0 Å². The average Bonchev–Trinajstić information content (AvgIpc) is 3.53. The number of aromatic nitrogens is 2. The monoisotopic (exact) mass is 728 g/mol. The third-order valence-electron chi connectivity index (χ3n) is 11.5. The minimum Gasteiger partial charge on any atom is -0.228 e. The fourth-order valence-corrected chi connectivity index (χ4v) is 8.50. The third kappa shape index (κ3) is 6.36. The van der Waals surface area contributed by atoms with E-state index in [4.69, 9.17) is 9.97 Å². The normalized spacial score (nSPS) is 12.5. The van der Waals surface area contributed by atoms with Gasteiger partial charge in [-0.1, -0.05) is 202 Å². The minimum absolute atomic E-state index is 0.0284. The summed E-state index contributed by atoms with van der Waals surface area (Å²) in [6.07, 6.45) is 0. The topological polar surface area (TPSA) is 25.8 Å². The largest absolute Gasteiger partial charge is 0.228 e. The first-order valence-electron chi connectivity index (χ1n) is 19.6. The highest BCUT2D eigenvalue weighted by molar-refractivity contribution is 5.93. The van der Waals surface area contributed by atoms with E-state index in [9.17, 15) is 0 Å². The molecular weight excluding hydrogens is 689 g/mol. The number of rotatable bonds is 7. The molecule has 1 aromatic heterocycles. The lowest BCUT2D eigenvalue weighted by atomic mass is 9.82. The van der Waals surface area contributed by atoms with Crippen LogP contribution in [0.4, 0.5) is 0 Å². The van der Waals surface area contributed by atoms with Crippen molar-refractivity contribution in [2.24, 2.45) is 0 Å². The van der Waals surface area contributed by atoms with Gasteiger partial charge in [-0.3, -0.25) is 0 Å². The standard InChI is InChI=1S/C55H40N2/c1-55(2)49-24-10-9-22-48(49)53-47(23-13-25-50(53)55)41-30-26-40(27-31-41)43-18-11-20-45(34-43)52-36-51(42-32-28-39(29-33-42)37-14-5-3-6-15-37)56-54(57-52)46-21-12-19-44(35-46)38-16-7-4-8-17-38/h3-36H,1-2H3. The Labute approximate surface area is 334 Å². The number of nitrogens with zero attached hydrogens (tertiary/aromatic N) is 2. The highest BCUT2D eigenvalue weighted by atomic mass is 14.9. The molecule has 0 unspecified atom stereocenters. The van der Waals surface area contributed by atoms with Crippen molar-refractivity contribution < 1.29 is 0 Å². The van der Waals surface area contributed by atoms with E-state index in [0.717, 1.165) is 50.3 Å². The highest BCUT2D eigenvalue weighted by Crippen LogP contribution is 2.52. The molecule has 0 N–H and O–H groups in total. The van der Waals surface area contributed by atoms with Crippen molar-refractivity contribution >= 4 is 0 Å². The van der Waals surface area contributed by atoms with Gasteiger partial charge in [-0.25, -0.2) is 9.97 Å². The molecule has 10 rings (SSSR count). The summed E-state index contributed by atoms with van der Waals surface area (Å²) in [5, 5.41) is 0. The second-order valence-electron chi connectivity index (χ2n) is 15.4. The van der Waals surface area contributed by atoms with Crippen LogP contribution in [-0.2, 0) is 5.41 Å². The molecule has 0 saturated heterocycles. The lowest BCUT2D eigenvalue weighted by Gasteiger charge is -2.21. The van der Waals surface area contributed by atoms with Crippen molar-refractivity contribution in [2.45, 2.75) is 19.3 Å². The quantitative estimate of drug-likeness (QED) is 0.163. The molecule has 0 radical (unpaired) electrons. The Morgan fingerprint density at radius 1 is 0.298 bits per heavy atom. The summed E-state index contributed by atoms with van der Waals surface area (Å²) in [5.74, 6) is 0.697. The first-order valence-corrected chi connectivity index (χ1v) is 19.6. The SMILES string of the molecule is CC1(C)c2ccccc2-c2c(-c3ccc(-c4cccc(-c5cc(-c6ccc(-c7ccccc7)cc6)nc(-c6cccc(-c7ccccc7)c6)n5)c4)cc3)cccc21. The van der Waals surface area contributed by atoms with Gasteiger partial charge in [0, 0.05) is 22.1 Å². The van der Waals surface area contributed by atoms with Gasteiger partial charge in [0.2, 0.25) is 0 Å². The molecule has 0 aliphatic heterocycles. The Hall–Kier alpha value is -7.16. The van der Waals surface area contributed by atoms with E-state index < -0.39 is 0 Å². The minimum atomic E-state index is -0.0284. The van der Waals surface area contributed by atoms with E-state index in [1.165, 1.54) is 44.5 Å². The van der Waals surface area contributed by atoms with E-state index in [1.54, 1.807) is 0 Å². The second-order valence-corrected chi connectivity index (χ2v) is 15.4. The number of hydrogen-bond donors (Lipinski definition) is 0. The molecule has 2 heteroatoms. The summed E-state index contributed by atoms with van der Waals surface area (Å²) >= 11 is 0. The number of hydrogen-bond acceptors (Lipinski definition) is 2. The highest BCUT2D eigenvalue weighted by Gasteiger charge is 2.36. The molecule has 1 heterocycles. The maximum absolute atomic E-state index is 5.24. The van der Waals surface area contributed by atoms with Crippen LogP contribution in [0.5, 0.6) is 0 Å². The van der Waals surface area contributed by atoms with E-state index in [2.05, 4.69) is 208 Å². The van der Waals surface area contributed by atoms with Gasteiger partial charge in [-0.2, -0.15) is 0 Å². The van der Waals surface area contributed by atoms with E-state index in [0.29, 0.717) is 5.82 Å². The van der Waals surface area contributed by atoms with Crippen LogP contribution in [0.3, 0.4) is 0 Å². The zero-order chi connectivity index (χ0) is 38.3. The van der Waals surface area contributed by atoms with Crippen molar-refractivity contribution in [3.05, 3.63) is 217 Å². The molecule has 0 bridgehead atoms. The molecule has 0 saturated carbocycles. The summed E-state index contributed by atoms with van der Waals surface area (Å²) in [6.45, 7) is 4.68. The molecule has 57 heavy (non-hydrogen) atoms. The lowest BCUT2D eigenvalue weighted by Crippen LogP contribution is -2.14. The zero-order valence-corrected chi connectivity index (χ0v) is 32.0. The van der Waals surface area contributed by atoms with Crippen molar-refractivity contribution in [3.63, 3.8) is 0 Å². The van der Waals surface area contributed by atoms with Crippen LogP contribution in [0.1, 0.15) is 25.0 Å². The molecule has 1 aliphatic carbocycles. The predicted molar refractivity (Wildman–Crippen MR) is 238 cm³/mol. The van der Waals surface area contributed by atoms with Crippen LogP contribution >= 0.6 is 0 Å². The maximum atomic E-state index is 5.24. The zero-order valence-electron chi connectivity index (χ0n) is 32.0. The molecule has 1 aliphatic rings. The van der Waals surface area contributed by atoms with E-state index in [-0.39, 0.29) is 5.41 Å². The smallest absolute Gasteiger partial charge is 0.160 e. The lowest BCUT2D eigenvalue weighted by molar-refractivity contribution is 0.660. The molecular formula is C55H40N2. The van der Waals surface area contributed by atoms with Crippen LogP contribution in [0, 0.1) is 0 Å². The molecule has 9 aromatic rings. The van der Waals surface area contributed by atoms with Crippen molar-refractivity contribution in [3.8, 4) is 89.5 Å². The summed E-state index contributed by atoms with van der Waals surface area (Å²) in [7, 11) is 0. The van der Waals surface area contributed by atoms with Gasteiger partial charge in [0.1, 0.15) is 0 Å². The summed E-state index contributed by atoms with van der Waals surface area (Å²) in [4.78, 5) is 10.4. The Morgan fingerprint density at radius 3 is 1.40 bits per heavy atom. The van der Waals surface area contributed by atoms with Gasteiger partial charge < -0.3 is 0 Å². The van der Waals surface area contributed by atoms with Crippen LogP contribution in [-0.4, -0.2) is 9.97 Å². The fourth-order valence-electron chi connectivity index (χ4n) is 8.50. The second kappa shape index (κ2) is 14.2. The first kappa shape index (κ1) is 34.3. The van der Waals surface area contributed by atoms with Gasteiger partial charge in [0.05, 0.1) is 11.4 Å². The van der Waals surface area contributed by atoms with Gasteiger partial charge in [0.25, 0.3) is 0 Å².